The summed E-state index contributed by atoms with van der Waals surface area (Å²) in [5.74, 6) is -0.449. The molecule has 2 aromatic rings. The van der Waals surface area contributed by atoms with Crippen LogP contribution in [0.15, 0.2) is 59.8 Å². The number of benzene rings is 1. The summed E-state index contributed by atoms with van der Waals surface area (Å²) in [5, 5.41) is 13.7. The van der Waals surface area contributed by atoms with Gasteiger partial charge in [-0.1, -0.05) is 47.2 Å². The second-order valence-corrected chi connectivity index (χ2v) is 7.76. The number of nitrogens with zero attached hydrogens (tertiary/aromatic N) is 1. The quantitative estimate of drug-likeness (QED) is 0.655. The molecule has 1 heterocycles. The first-order valence-electron chi connectivity index (χ1n) is 7.79. The maximum absolute atomic E-state index is 12.5. The Bertz CT molecular complexity index is 683. The Balaban J connectivity index is 1.91. The minimum atomic E-state index is -1.15. The Morgan fingerprint density at radius 3 is 2.52 bits per heavy atom. The molecule has 0 fully saturated rings. The minimum absolute atomic E-state index is 0.227. The fourth-order valence-electron chi connectivity index (χ4n) is 2.19. The Hall–Kier alpha value is -1.83. The summed E-state index contributed by atoms with van der Waals surface area (Å²) in [6, 6.07) is 14.2. The molecule has 25 heavy (non-hydrogen) atoms. The number of carbonyl (C=O) groups is 2. The van der Waals surface area contributed by atoms with Crippen LogP contribution in [0.25, 0.3) is 0 Å². The number of ketones is 1. The summed E-state index contributed by atoms with van der Waals surface area (Å²) >= 11 is 0. The molecule has 2 rings (SSSR count). The van der Waals surface area contributed by atoms with E-state index in [1.807, 2.05) is 48.5 Å². The lowest BCUT2D eigenvalue weighted by Gasteiger charge is -2.20. The third-order valence-corrected chi connectivity index (χ3v) is 5.60. The fraction of sp³-hybridized carbons (Fsp3) is 0.278. The third kappa shape index (κ3) is 6.89. The second kappa shape index (κ2) is 10.2. The smallest absolute Gasteiger partial charge is 0.217 e. The molecule has 0 aliphatic carbocycles. The minimum Gasteiger partial charge on any atom is -0.384 e. The molecule has 0 spiro atoms. The first-order valence-corrected chi connectivity index (χ1v) is 10.1. The molecular weight excluding hydrogens is 356 g/mol. The van der Waals surface area contributed by atoms with E-state index < -0.39 is 12.1 Å². The van der Waals surface area contributed by atoms with Crippen molar-refractivity contribution in [2.45, 2.75) is 30.5 Å². The predicted octanol–water partition coefficient (Wildman–Crippen LogP) is 2.50. The number of carbonyl (C=O) groups excluding carboxylic acids is 2. The lowest BCUT2D eigenvalue weighted by molar-refractivity contribution is -0.131. The summed E-state index contributed by atoms with van der Waals surface area (Å²) in [5.41, 5.74) is 0.928. The summed E-state index contributed by atoms with van der Waals surface area (Å²) in [6.45, 7) is 1.36. The van der Waals surface area contributed by atoms with Crippen LogP contribution >= 0.6 is 21.6 Å². The van der Waals surface area contributed by atoms with E-state index in [0.717, 1.165) is 10.6 Å². The van der Waals surface area contributed by atoms with E-state index in [4.69, 9.17) is 0 Å². The van der Waals surface area contributed by atoms with E-state index in [2.05, 4.69) is 10.3 Å². The third-order valence-electron chi connectivity index (χ3n) is 3.34. The average molecular weight is 377 g/mol. The van der Waals surface area contributed by atoms with Crippen LogP contribution < -0.4 is 5.32 Å². The summed E-state index contributed by atoms with van der Waals surface area (Å²) in [7, 11) is 2.76. The van der Waals surface area contributed by atoms with Crippen LogP contribution in [0.3, 0.4) is 0 Å². The van der Waals surface area contributed by atoms with Crippen molar-refractivity contribution in [2.75, 3.05) is 5.75 Å². The molecule has 2 atom stereocenters. The lowest BCUT2D eigenvalue weighted by atomic mass is 9.99. The fourth-order valence-corrected chi connectivity index (χ4v) is 4.16. The molecule has 1 amide bonds. The molecule has 1 aromatic heterocycles. The highest BCUT2D eigenvalue weighted by Gasteiger charge is 2.26. The van der Waals surface area contributed by atoms with E-state index in [1.165, 1.54) is 28.5 Å². The second-order valence-electron chi connectivity index (χ2n) is 5.40. The molecule has 0 saturated heterocycles. The van der Waals surface area contributed by atoms with Gasteiger partial charge in [-0.3, -0.25) is 9.59 Å². The van der Waals surface area contributed by atoms with Crippen molar-refractivity contribution >= 4 is 33.3 Å². The van der Waals surface area contributed by atoms with Crippen molar-refractivity contribution in [3.63, 3.8) is 0 Å². The molecule has 0 bridgehead atoms. The molecule has 132 valence electrons. The zero-order valence-corrected chi connectivity index (χ0v) is 15.4. The first-order chi connectivity index (χ1) is 12.1. The van der Waals surface area contributed by atoms with Gasteiger partial charge in [-0.05, 0) is 34.9 Å². The summed E-state index contributed by atoms with van der Waals surface area (Å²) in [4.78, 5) is 28.1. The van der Waals surface area contributed by atoms with Crippen LogP contribution in [0.4, 0.5) is 0 Å². The highest BCUT2D eigenvalue weighted by atomic mass is 33.1. The molecule has 0 aliphatic heterocycles. The molecule has 7 heteroatoms. The maximum atomic E-state index is 12.5. The highest BCUT2D eigenvalue weighted by Crippen LogP contribution is 2.29. The van der Waals surface area contributed by atoms with Crippen LogP contribution in [-0.4, -0.2) is 39.7 Å². The van der Waals surface area contributed by atoms with Crippen molar-refractivity contribution in [3.8, 4) is 0 Å². The van der Waals surface area contributed by atoms with E-state index >= 15 is 0 Å². The molecule has 5 nitrogen and oxygen atoms in total. The largest absolute Gasteiger partial charge is 0.384 e. The van der Waals surface area contributed by atoms with Crippen LogP contribution in [0, 0.1) is 0 Å². The molecule has 0 saturated carbocycles. The average Bonchev–Trinajstić information content (AvgIpc) is 2.62. The number of amides is 1. The number of Topliss-reactive ketones (excluding diaryl/α,β-unsaturated/α-hetero) is 1. The zero-order valence-electron chi connectivity index (χ0n) is 13.8. The molecular formula is C18H20N2O3S2. The van der Waals surface area contributed by atoms with Crippen molar-refractivity contribution in [1.29, 1.82) is 0 Å². The van der Waals surface area contributed by atoms with Gasteiger partial charge in [0, 0.05) is 18.9 Å². The van der Waals surface area contributed by atoms with Crippen molar-refractivity contribution in [3.05, 3.63) is 60.3 Å². The molecule has 1 aromatic carbocycles. The number of aliphatic hydroxyl groups excluding tert-OH is 1. The normalized spacial score (nSPS) is 13.0. The van der Waals surface area contributed by atoms with Crippen LogP contribution in [0.1, 0.15) is 12.5 Å². The van der Waals surface area contributed by atoms with Gasteiger partial charge in [-0.25, -0.2) is 4.98 Å². The van der Waals surface area contributed by atoms with Gasteiger partial charge >= 0.3 is 0 Å². The van der Waals surface area contributed by atoms with Gasteiger partial charge in [0.25, 0.3) is 0 Å². The number of aromatic nitrogens is 1. The Morgan fingerprint density at radius 2 is 1.88 bits per heavy atom. The Labute approximate surface area is 155 Å². The van der Waals surface area contributed by atoms with E-state index in [-0.39, 0.29) is 17.4 Å². The van der Waals surface area contributed by atoms with Crippen LogP contribution in [0.2, 0.25) is 0 Å². The highest BCUT2D eigenvalue weighted by molar-refractivity contribution is 8.76. The van der Waals surface area contributed by atoms with Crippen LogP contribution in [0.5, 0.6) is 0 Å². The van der Waals surface area contributed by atoms with E-state index in [1.54, 1.807) is 6.20 Å². The van der Waals surface area contributed by atoms with Crippen molar-refractivity contribution in [1.82, 2.24) is 10.3 Å². The van der Waals surface area contributed by atoms with Crippen LogP contribution in [-0.2, 0) is 16.0 Å². The first kappa shape index (κ1) is 19.5. The van der Waals surface area contributed by atoms with Gasteiger partial charge in [0.15, 0.2) is 5.78 Å². The van der Waals surface area contributed by atoms with Crippen molar-refractivity contribution in [2.24, 2.45) is 0 Å². The molecule has 0 radical (unpaired) electrons. The summed E-state index contributed by atoms with van der Waals surface area (Å²) < 4.78 is 0. The number of pyridine rings is 1. The Kier molecular flexibility index (Phi) is 7.97. The SMILES string of the molecule is CC(=O)N[C@@H](Cc1ccccc1)C(=O)C(O)CSSc1ccccn1. The number of rotatable bonds is 9. The monoisotopic (exact) mass is 376 g/mol. The van der Waals surface area contributed by atoms with Gasteiger partial charge in [0.05, 0.1) is 6.04 Å². The standard InChI is InChI=1S/C18H20N2O3S2/c1-13(21)20-15(11-14-7-3-2-4-8-14)18(23)16(22)12-24-25-17-9-5-6-10-19-17/h2-10,15-16,22H,11-12H2,1H3,(H,20,21)/t15-,16?/m0/s1. The van der Waals surface area contributed by atoms with Gasteiger partial charge in [0.2, 0.25) is 5.91 Å². The zero-order chi connectivity index (χ0) is 18.1. The number of aliphatic hydroxyl groups is 1. The summed E-state index contributed by atoms with van der Waals surface area (Å²) in [6.07, 6.45) is 0.896. The Morgan fingerprint density at radius 1 is 1.16 bits per heavy atom. The van der Waals surface area contributed by atoms with Gasteiger partial charge in [-0.15, -0.1) is 0 Å². The number of hydrogen-bond acceptors (Lipinski definition) is 6. The van der Waals surface area contributed by atoms with Gasteiger partial charge in [0.1, 0.15) is 11.1 Å². The predicted molar refractivity (Wildman–Crippen MR) is 101 cm³/mol. The number of nitrogens with one attached hydrogen (secondary N) is 1. The van der Waals surface area contributed by atoms with Gasteiger partial charge in [-0.2, -0.15) is 0 Å². The van der Waals surface area contributed by atoms with Gasteiger partial charge < -0.3 is 10.4 Å². The van der Waals surface area contributed by atoms with E-state index in [9.17, 15) is 14.7 Å². The maximum Gasteiger partial charge on any atom is 0.217 e. The van der Waals surface area contributed by atoms with Crippen molar-refractivity contribution < 1.29 is 14.7 Å². The number of hydrogen-bond donors (Lipinski definition) is 2. The van der Waals surface area contributed by atoms with E-state index in [0.29, 0.717) is 6.42 Å². The topological polar surface area (TPSA) is 79.3 Å². The molecule has 2 N–H and O–H groups in total. The molecule has 1 unspecified atom stereocenters. The lowest BCUT2D eigenvalue weighted by Crippen LogP contribution is -2.46. The molecule has 0 aliphatic rings.